The highest BCUT2D eigenvalue weighted by Crippen LogP contribution is 2.16. The van der Waals surface area contributed by atoms with Crippen molar-refractivity contribution in [3.8, 4) is 0 Å². The molecule has 0 radical (unpaired) electrons. The number of rotatable bonds is 4. The molecule has 0 amide bonds. The number of carbonyl (C=O) groups excluding carboxylic acids is 1. The fraction of sp³-hybridized carbons (Fsp3) is 0.250. The summed E-state index contributed by atoms with van der Waals surface area (Å²) < 4.78 is 0. The Morgan fingerprint density at radius 1 is 1.21 bits per heavy atom. The minimum Gasteiger partial charge on any atom is -0.325 e. The zero-order valence-corrected chi connectivity index (χ0v) is 11.3. The first-order valence-electron chi connectivity index (χ1n) is 6.35. The van der Waals surface area contributed by atoms with Gasteiger partial charge in [0.15, 0.2) is 5.78 Å². The molecule has 0 saturated heterocycles. The average molecular weight is 254 g/mol. The van der Waals surface area contributed by atoms with Gasteiger partial charge in [0.1, 0.15) is 0 Å². The van der Waals surface area contributed by atoms with E-state index in [4.69, 9.17) is 5.73 Å². The summed E-state index contributed by atoms with van der Waals surface area (Å²) in [6.07, 6.45) is 2.06. The number of nitrogens with zero attached hydrogens (tertiary/aromatic N) is 1. The van der Waals surface area contributed by atoms with Crippen LogP contribution in [0.15, 0.2) is 36.5 Å². The SMILES string of the molecule is Cc1cccc(C)c1CC(=O)c1ccnc(CN)c1. The molecule has 19 heavy (non-hydrogen) atoms. The number of hydrogen-bond donors (Lipinski definition) is 1. The molecule has 0 unspecified atom stereocenters. The molecule has 0 aliphatic carbocycles. The highest BCUT2D eigenvalue weighted by molar-refractivity contribution is 5.97. The maximum absolute atomic E-state index is 12.3. The van der Waals surface area contributed by atoms with Crippen LogP contribution < -0.4 is 5.73 Å². The second-order valence-corrected chi connectivity index (χ2v) is 4.71. The molecule has 0 aliphatic rings. The summed E-state index contributed by atoms with van der Waals surface area (Å²) in [4.78, 5) is 16.4. The summed E-state index contributed by atoms with van der Waals surface area (Å²) in [5.41, 5.74) is 10.4. The van der Waals surface area contributed by atoms with E-state index in [-0.39, 0.29) is 5.78 Å². The molecular weight excluding hydrogens is 236 g/mol. The Labute approximate surface area is 113 Å². The van der Waals surface area contributed by atoms with Crippen LogP contribution >= 0.6 is 0 Å². The van der Waals surface area contributed by atoms with Crippen LogP contribution in [0.4, 0.5) is 0 Å². The summed E-state index contributed by atoms with van der Waals surface area (Å²) in [5.74, 6) is 0.106. The van der Waals surface area contributed by atoms with Gasteiger partial charge in [-0.1, -0.05) is 18.2 Å². The lowest BCUT2D eigenvalue weighted by atomic mass is 9.96. The van der Waals surface area contributed by atoms with Crippen molar-refractivity contribution in [1.82, 2.24) is 4.98 Å². The number of benzene rings is 1. The van der Waals surface area contributed by atoms with Gasteiger partial charge in [0.05, 0.1) is 5.69 Å². The van der Waals surface area contributed by atoms with E-state index in [2.05, 4.69) is 4.98 Å². The van der Waals surface area contributed by atoms with Gasteiger partial charge in [-0.2, -0.15) is 0 Å². The first kappa shape index (κ1) is 13.4. The molecule has 0 aliphatic heterocycles. The van der Waals surface area contributed by atoms with Crippen molar-refractivity contribution >= 4 is 5.78 Å². The average Bonchev–Trinajstić information content (AvgIpc) is 2.43. The Morgan fingerprint density at radius 3 is 2.53 bits per heavy atom. The number of nitrogens with two attached hydrogens (primary N) is 1. The van der Waals surface area contributed by atoms with Crippen LogP contribution in [-0.2, 0) is 13.0 Å². The molecule has 0 atom stereocenters. The first-order valence-corrected chi connectivity index (χ1v) is 6.35. The second kappa shape index (κ2) is 5.76. The highest BCUT2D eigenvalue weighted by Gasteiger charge is 2.11. The number of Topliss-reactive ketones (excluding diaryl/α,β-unsaturated/α-hetero) is 1. The number of aromatic nitrogens is 1. The Morgan fingerprint density at radius 2 is 1.89 bits per heavy atom. The van der Waals surface area contributed by atoms with Crippen molar-refractivity contribution in [2.75, 3.05) is 0 Å². The molecule has 0 fully saturated rings. The van der Waals surface area contributed by atoms with E-state index in [1.165, 1.54) is 0 Å². The lowest BCUT2D eigenvalue weighted by Crippen LogP contribution is -2.08. The van der Waals surface area contributed by atoms with E-state index in [0.29, 0.717) is 18.5 Å². The van der Waals surface area contributed by atoms with Crippen LogP contribution in [0.2, 0.25) is 0 Å². The molecular formula is C16H18N2O. The summed E-state index contributed by atoms with van der Waals surface area (Å²) in [7, 11) is 0. The number of pyridine rings is 1. The number of hydrogen-bond acceptors (Lipinski definition) is 3. The third-order valence-electron chi connectivity index (χ3n) is 3.33. The maximum atomic E-state index is 12.3. The van der Waals surface area contributed by atoms with Crippen molar-refractivity contribution < 1.29 is 4.79 Å². The predicted molar refractivity (Wildman–Crippen MR) is 76.1 cm³/mol. The van der Waals surface area contributed by atoms with E-state index in [0.717, 1.165) is 22.4 Å². The molecule has 1 heterocycles. The van der Waals surface area contributed by atoms with Gasteiger partial charge in [0.2, 0.25) is 0 Å². The summed E-state index contributed by atoms with van der Waals surface area (Å²) in [5, 5.41) is 0. The molecule has 0 saturated carbocycles. The minimum absolute atomic E-state index is 0.106. The molecule has 98 valence electrons. The van der Waals surface area contributed by atoms with E-state index in [9.17, 15) is 4.79 Å². The van der Waals surface area contributed by atoms with Crippen LogP contribution in [0.1, 0.15) is 32.7 Å². The van der Waals surface area contributed by atoms with Crippen molar-refractivity contribution in [3.63, 3.8) is 0 Å². The fourth-order valence-corrected chi connectivity index (χ4v) is 2.15. The van der Waals surface area contributed by atoms with Gasteiger partial charge in [-0.15, -0.1) is 0 Å². The maximum Gasteiger partial charge on any atom is 0.167 e. The lowest BCUT2D eigenvalue weighted by Gasteiger charge is -2.09. The summed E-state index contributed by atoms with van der Waals surface area (Å²) in [6, 6.07) is 9.60. The molecule has 0 spiro atoms. The largest absolute Gasteiger partial charge is 0.325 e. The van der Waals surface area contributed by atoms with Gasteiger partial charge < -0.3 is 5.73 Å². The van der Waals surface area contributed by atoms with Gasteiger partial charge >= 0.3 is 0 Å². The zero-order chi connectivity index (χ0) is 13.8. The molecule has 0 bridgehead atoms. The van der Waals surface area contributed by atoms with Crippen molar-refractivity contribution in [2.45, 2.75) is 26.8 Å². The monoisotopic (exact) mass is 254 g/mol. The number of ketones is 1. The Balaban J connectivity index is 2.25. The molecule has 1 aromatic carbocycles. The number of carbonyl (C=O) groups is 1. The molecule has 1 aromatic heterocycles. The summed E-state index contributed by atoms with van der Waals surface area (Å²) >= 11 is 0. The first-order chi connectivity index (χ1) is 9.11. The smallest absolute Gasteiger partial charge is 0.167 e. The Hall–Kier alpha value is -2.00. The Kier molecular flexibility index (Phi) is 4.07. The molecule has 2 aromatic rings. The van der Waals surface area contributed by atoms with E-state index >= 15 is 0 Å². The third-order valence-corrected chi connectivity index (χ3v) is 3.33. The van der Waals surface area contributed by atoms with Gasteiger partial charge in [-0.05, 0) is 42.7 Å². The van der Waals surface area contributed by atoms with Crippen LogP contribution in [0.25, 0.3) is 0 Å². The highest BCUT2D eigenvalue weighted by atomic mass is 16.1. The van der Waals surface area contributed by atoms with Crippen LogP contribution in [-0.4, -0.2) is 10.8 Å². The van der Waals surface area contributed by atoms with Gasteiger partial charge in [-0.25, -0.2) is 0 Å². The fourth-order valence-electron chi connectivity index (χ4n) is 2.15. The number of aryl methyl sites for hydroxylation is 2. The second-order valence-electron chi connectivity index (χ2n) is 4.71. The van der Waals surface area contributed by atoms with E-state index in [1.807, 2.05) is 32.0 Å². The predicted octanol–water partition coefficient (Wildman–Crippen LogP) is 2.58. The third kappa shape index (κ3) is 3.06. The molecule has 3 nitrogen and oxygen atoms in total. The normalized spacial score (nSPS) is 10.5. The lowest BCUT2D eigenvalue weighted by molar-refractivity contribution is 0.0992. The quantitative estimate of drug-likeness (QED) is 0.853. The van der Waals surface area contributed by atoms with Crippen LogP contribution in [0.3, 0.4) is 0 Å². The van der Waals surface area contributed by atoms with Crippen LogP contribution in [0.5, 0.6) is 0 Å². The van der Waals surface area contributed by atoms with Gasteiger partial charge in [0, 0.05) is 24.7 Å². The molecule has 3 heteroatoms. The molecule has 2 N–H and O–H groups in total. The zero-order valence-electron chi connectivity index (χ0n) is 11.3. The van der Waals surface area contributed by atoms with Crippen molar-refractivity contribution in [3.05, 3.63) is 64.5 Å². The van der Waals surface area contributed by atoms with Gasteiger partial charge in [0.25, 0.3) is 0 Å². The van der Waals surface area contributed by atoms with E-state index < -0.39 is 0 Å². The van der Waals surface area contributed by atoms with Crippen molar-refractivity contribution in [2.24, 2.45) is 5.73 Å². The van der Waals surface area contributed by atoms with E-state index in [1.54, 1.807) is 18.3 Å². The Bertz CT molecular complexity index is 585. The topological polar surface area (TPSA) is 56.0 Å². The summed E-state index contributed by atoms with van der Waals surface area (Å²) in [6.45, 7) is 4.42. The van der Waals surface area contributed by atoms with Crippen molar-refractivity contribution in [1.29, 1.82) is 0 Å². The van der Waals surface area contributed by atoms with Crippen LogP contribution in [0, 0.1) is 13.8 Å². The van der Waals surface area contributed by atoms with Gasteiger partial charge in [-0.3, -0.25) is 9.78 Å². The minimum atomic E-state index is 0.106. The standard InChI is InChI=1S/C16H18N2O/c1-11-4-3-5-12(2)15(11)9-16(19)13-6-7-18-14(8-13)10-17/h3-8H,9-10,17H2,1-2H3. The molecule has 2 rings (SSSR count).